The lowest BCUT2D eigenvalue weighted by Gasteiger charge is -2.05. The zero-order chi connectivity index (χ0) is 17.9. The van der Waals surface area contributed by atoms with Gasteiger partial charge in [0.15, 0.2) is 0 Å². The van der Waals surface area contributed by atoms with E-state index in [1.165, 1.54) is 108 Å². The number of allylic oxidation sites excluding steroid dienone is 2. The number of unbranched alkanes of at least 4 members (excludes halogenated alkanes) is 15. The lowest BCUT2D eigenvalue weighted by molar-refractivity contribution is 0.527. The van der Waals surface area contributed by atoms with E-state index >= 15 is 0 Å². The topological polar surface area (TPSA) is 0 Å². The average molecular weight is 357 g/mol. The fourth-order valence-electron chi connectivity index (χ4n) is 3.33. The van der Waals surface area contributed by atoms with Crippen molar-refractivity contribution in [3.8, 4) is 0 Å². The third-order valence-electron chi connectivity index (χ3n) is 4.85. The fraction of sp³-hybridized carbons (Fsp3) is 0.913. The van der Waals surface area contributed by atoms with Gasteiger partial charge in [-0.05, 0) is 20.3 Å². The Morgan fingerprint density at radius 1 is 0.625 bits per heavy atom. The Bertz CT molecular complexity index is 265. The van der Waals surface area contributed by atoms with Crippen molar-refractivity contribution in [2.24, 2.45) is 0 Å². The second-order valence-electron chi connectivity index (χ2n) is 7.85. The van der Waals surface area contributed by atoms with Crippen LogP contribution in [0.2, 0.25) is 0 Å². The highest BCUT2D eigenvalue weighted by molar-refractivity contribution is 6.21. The van der Waals surface area contributed by atoms with Gasteiger partial charge < -0.3 is 0 Å². The van der Waals surface area contributed by atoms with Crippen molar-refractivity contribution >= 4 is 11.6 Å². The Morgan fingerprint density at radius 3 is 1.29 bits per heavy atom. The summed E-state index contributed by atoms with van der Waals surface area (Å²) in [7, 11) is 0. The van der Waals surface area contributed by atoms with Crippen LogP contribution >= 0.6 is 11.6 Å². The molecular formula is C23H45Cl. The van der Waals surface area contributed by atoms with E-state index in [1.54, 1.807) is 0 Å². The second-order valence-corrected chi connectivity index (χ2v) is 8.41. The van der Waals surface area contributed by atoms with Crippen molar-refractivity contribution in [2.45, 2.75) is 135 Å². The monoisotopic (exact) mass is 356 g/mol. The first-order valence-corrected chi connectivity index (χ1v) is 11.4. The lowest BCUT2D eigenvalue weighted by atomic mass is 10.0. The Kier molecular flexibility index (Phi) is 19.4. The molecule has 0 fully saturated rings. The molecule has 0 aliphatic carbocycles. The lowest BCUT2D eigenvalue weighted by Crippen LogP contribution is -1.94. The highest BCUT2D eigenvalue weighted by Gasteiger charge is 2.00. The maximum absolute atomic E-state index is 6.26. The predicted octanol–water partition coefficient (Wildman–Crippen LogP) is 9.21. The molecule has 0 aromatic rings. The zero-order valence-electron chi connectivity index (χ0n) is 17.1. The van der Waals surface area contributed by atoms with Crippen LogP contribution in [0.15, 0.2) is 11.6 Å². The molecule has 0 spiro atoms. The number of alkyl halides is 1. The summed E-state index contributed by atoms with van der Waals surface area (Å²) in [4.78, 5) is 0. The molecule has 1 heteroatoms. The molecule has 0 amide bonds. The Balaban J connectivity index is 3.09. The minimum Gasteiger partial charge on any atom is -0.118 e. The largest absolute Gasteiger partial charge is 0.118 e. The van der Waals surface area contributed by atoms with Crippen LogP contribution in [0.4, 0.5) is 0 Å². The van der Waals surface area contributed by atoms with Crippen molar-refractivity contribution in [1.29, 1.82) is 0 Å². The van der Waals surface area contributed by atoms with Gasteiger partial charge in [0.1, 0.15) is 0 Å². The fourth-order valence-corrected chi connectivity index (χ4v) is 3.74. The highest BCUT2D eigenvalue weighted by atomic mass is 35.5. The van der Waals surface area contributed by atoms with Gasteiger partial charge in [0, 0.05) is 0 Å². The van der Waals surface area contributed by atoms with Crippen LogP contribution in [0, 0.1) is 0 Å². The van der Waals surface area contributed by atoms with Crippen LogP contribution in [0.5, 0.6) is 0 Å². The van der Waals surface area contributed by atoms with Gasteiger partial charge in [-0.1, -0.05) is 121 Å². The molecule has 0 rings (SSSR count). The Hall–Kier alpha value is 0.0300. The van der Waals surface area contributed by atoms with E-state index in [9.17, 15) is 0 Å². The first kappa shape index (κ1) is 24.0. The summed E-state index contributed by atoms with van der Waals surface area (Å²) in [5, 5.41) is 0.252. The maximum Gasteiger partial charge on any atom is 0.0518 e. The summed E-state index contributed by atoms with van der Waals surface area (Å²) < 4.78 is 0. The Labute approximate surface area is 158 Å². The average Bonchev–Trinajstić information content (AvgIpc) is 2.53. The molecule has 0 saturated heterocycles. The summed E-state index contributed by atoms with van der Waals surface area (Å²) in [6.45, 7) is 6.55. The SMILES string of the molecule is CCCCCCCCCCCCCCCCCCC(Cl)C=C(C)C. The van der Waals surface area contributed by atoms with Crippen molar-refractivity contribution in [2.75, 3.05) is 0 Å². The van der Waals surface area contributed by atoms with E-state index < -0.39 is 0 Å². The van der Waals surface area contributed by atoms with Gasteiger partial charge >= 0.3 is 0 Å². The molecule has 0 bridgehead atoms. The van der Waals surface area contributed by atoms with Gasteiger partial charge in [-0.15, -0.1) is 11.6 Å². The summed E-state index contributed by atoms with van der Waals surface area (Å²) in [6, 6.07) is 0. The van der Waals surface area contributed by atoms with E-state index in [0.717, 1.165) is 6.42 Å². The molecule has 0 saturated carbocycles. The van der Waals surface area contributed by atoms with Crippen molar-refractivity contribution < 1.29 is 0 Å². The molecule has 0 aromatic heterocycles. The first-order chi connectivity index (χ1) is 11.7. The minimum absolute atomic E-state index is 0.252. The number of rotatable bonds is 18. The summed E-state index contributed by atoms with van der Waals surface area (Å²) in [6.07, 6.45) is 26.2. The van der Waals surface area contributed by atoms with Crippen LogP contribution in [-0.2, 0) is 0 Å². The molecule has 0 nitrogen and oxygen atoms in total. The van der Waals surface area contributed by atoms with Crippen LogP contribution < -0.4 is 0 Å². The number of hydrogen-bond acceptors (Lipinski definition) is 0. The predicted molar refractivity (Wildman–Crippen MR) is 113 cm³/mol. The van der Waals surface area contributed by atoms with Crippen LogP contribution in [0.1, 0.15) is 130 Å². The minimum atomic E-state index is 0.252. The molecule has 0 aliphatic heterocycles. The maximum atomic E-state index is 6.26. The first-order valence-electron chi connectivity index (χ1n) is 11.0. The molecule has 144 valence electrons. The van der Waals surface area contributed by atoms with Gasteiger partial charge in [0.05, 0.1) is 5.38 Å². The molecule has 0 aliphatic rings. The summed E-state index contributed by atoms with van der Waals surface area (Å²) in [5.41, 5.74) is 1.34. The van der Waals surface area contributed by atoms with Crippen LogP contribution in [0.3, 0.4) is 0 Å². The van der Waals surface area contributed by atoms with E-state index in [1.807, 2.05) is 0 Å². The van der Waals surface area contributed by atoms with Crippen molar-refractivity contribution in [1.82, 2.24) is 0 Å². The van der Waals surface area contributed by atoms with Gasteiger partial charge in [0.25, 0.3) is 0 Å². The van der Waals surface area contributed by atoms with E-state index in [-0.39, 0.29) is 5.38 Å². The number of hydrogen-bond donors (Lipinski definition) is 0. The number of halogens is 1. The molecule has 24 heavy (non-hydrogen) atoms. The van der Waals surface area contributed by atoms with Crippen LogP contribution in [-0.4, -0.2) is 5.38 Å². The van der Waals surface area contributed by atoms with Gasteiger partial charge in [-0.25, -0.2) is 0 Å². The molecule has 1 unspecified atom stereocenters. The quantitative estimate of drug-likeness (QED) is 0.130. The molecule has 0 aromatic carbocycles. The Morgan fingerprint density at radius 2 is 0.958 bits per heavy atom. The smallest absolute Gasteiger partial charge is 0.0518 e. The summed E-state index contributed by atoms with van der Waals surface area (Å²) in [5.74, 6) is 0. The molecule has 0 radical (unpaired) electrons. The molecule has 1 atom stereocenters. The van der Waals surface area contributed by atoms with Gasteiger partial charge in [-0.3, -0.25) is 0 Å². The van der Waals surface area contributed by atoms with E-state index in [4.69, 9.17) is 11.6 Å². The summed E-state index contributed by atoms with van der Waals surface area (Å²) >= 11 is 6.26. The zero-order valence-corrected chi connectivity index (χ0v) is 17.8. The normalized spacial score (nSPS) is 12.3. The molecule has 0 N–H and O–H groups in total. The highest BCUT2D eigenvalue weighted by Crippen LogP contribution is 2.16. The van der Waals surface area contributed by atoms with Crippen molar-refractivity contribution in [3.05, 3.63) is 11.6 Å². The van der Waals surface area contributed by atoms with Crippen molar-refractivity contribution in [3.63, 3.8) is 0 Å². The molecular weight excluding hydrogens is 312 g/mol. The van der Waals surface area contributed by atoms with Gasteiger partial charge in [0.2, 0.25) is 0 Å². The van der Waals surface area contributed by atoms with Crippen LogP contribution in [0.25, 0.3) is 0 Å². The van der Waals surface area contributed by atoms with E-state index in [2.05, 4.69) is 26.8 Å². The van der Waals surface area contributed by atoms with E-state index in [0.29, 0.717) is 0 Å². The third-order valence-corrected chi connectivity index (χ3v) is 5.19. The standard InChI is InChI=1S/C23H45Cl/c1-4-5-6-7-8-9-10-11-12-13-14-15-16-17-18-19-20-23(24)21-22(2)3/h21,23H,4-20H2,1-3H3. The molecule has 0 heterocycles. The third kappa shape index (κ3) is 20.1. The van der Waals surface area contributed by atoms with Gasteiger partial charge in [-0.2, -0.15) is 0 Å². The second kappa shape index (κ2) is 19.4.